The molecule has 0 spiro atoms. The van der Waals surface area contributed by atoms with E-state index >= 15 is 0 Å². The molecule has 0 bridgehead atoms. The van der Waals surface area contributed by atoms with Crippen molar-refractivity contribution in [3.63, 3.8) is 0 Å². The molecule has 132 valence electrons. The van der Waals surface area contributed by atoms with Crippen molar-refractivity contribution in [2.75, 3.05) is 45.8 Å². The average Bonchev–Trinajstić information content (AvgIpc) is 3.05. The van der Waals surface area contributed by atoms with Crippen molar-refractivity contribution in [1.29, 1.82) is 0 Å². The molecule has 23 heavy (non-hydrogen) atoms. The Morgan fingerprint density at radius 1 is 1.22 bits per heavy atom. The van der Waals surface area contributed by atoms with E-state index in [1.54, 1.807) is 0 Å². The number of piperazine rings is 1. The lowest BCUT2D eigenvalue weighted by atomic mass is 9.97. The fourth-order valence-corrected chi connectivity index (χ4v) is 3.50. The molecule has 1 atom stereocenters. The van der Waals surface area contributed by atoms with Gasteiger partial charge in [0.2, 0.25) is 5.89 Å². The number of nitrogens with zero attached hydrogens (tertiary/aromatic N) is 4. The molecular weight excluding hydrogens is 314 g/mol. The molecule has 3 heterocycles. The Bertz CT molecular complexity index is 455. The van der Waals surface area contributed by atoms with Crippen molar-refractivity contribution < 1.29 is 4.52 Å². The Labute approximate surface area is 145 Å². The van der Waals surface area contributed by atoms with Crippen LogP contribution in [0.3, 0.4) is 0 Å². The zero-order valence-electron chi connectivity index (χ0n) is 14.3. The minimum Gasteiger partial charge on any atom is -0.338 e. The van der Waals surface area contributed by atoms with Crippen LogP contribution in [0.4, 0.5) is 0 Å². The van der Waals surface area contributed by atoms with E-state index in [0.29, 0.717) is 0 Å². The average molecular weight is 344 g/mol. The van der Waals surface area contributed by atoms with Gasteiger partial charge in [0.1, 0.15) is 0 Å². The highest BCUT2D eigenvalue weighted by molar-refractivity contribution is 5.85. The SMILES string of the molecule is CCc1noc(C(C)N2CCN(CC3CCNCC3)CC2)n1.Cl. The lowest BCUT2D eigenvalue weighted by Gasteiger charge is -2.38. The van der Waals surface area contributed by atoms with E-state index in [1.807, 2.05) is 0 Å². The van der Waals surface area contributed by atoms with E-state index in [1.165, 1.54) is 32.5 Å². The van der Waals surface area contributed by atoms with Gasteiger partial charge in [-0.3, -0.25) is 4.90 Å². The number of hydrogen-bond acceptors (Lipinski definition) is 6. The van der Waals surface area contributed by atoms with Crippen LogP contribution in [0.2, 0.25) is 0 Å². The molecule has 2 aliphatic rings. The molecule has 7 heteroatoms. The molecule has 1 N–H and O–H groups in total. The standard InChI is InChI=1S/C16H29N5O.ClH/c1-3-15-18-16(22-19-15)13(2)21-10-8-20(9-11-21)12-14-4-6-17-7-5-14;/h13-14,17H,3-12H2,1-2H3;1H. The van der Waals surface area contributed by atoms with Crippen LogP contribution in [0.1, 0.15) is 44.4 Å². The topological polar surface area (TPSA) is 57.4 Å². The van der Waals surface area contributed by atoms with Crippen molar-refractivity contribution in [2.24, 2.45) is 5.92 Å². The van der Waals surface area contributed by atoms with Gasteiger partial charge in [-0.1, -0.05) is 12.1 Å². The lowest BCUT2D eigenvalue weighted by molar-refractivity contribution is 0.0757. The molecular formula is C16H30ClN5O. The summed E-state index contributed by atoms with van der Waals surface area (Å²) >= 11 is 0. The lowest BCUT2D eigenvalue weighted by Crippen LogP contribution is -2.49. The van der Waals surface area contributed by atoms with Gasteiger partial charge in [0.15, 0.2) is 5.82 Å². The third kappa shape index (κ3) is 4.89. The quantitative estimate of drug-likeness (QED) is 0.878. The van der Waals surface area contributed by atoms with Crippen molar-refractivity contribution in [3.05, 3.63) is 11.7 Å². The number of nitrogens with one attached hydrogen (secondary N) is 1. The van der Waals surface area contributed by atoms with Crippen LogP contribution >= 0.6 is 12.4 Å². The van der Waals surface area contributed by atoms with Gasteiger partial charge in [0.25, 0.3) is 0 Å². The first-order valence-electron chi connectivity index (χ1n) is 8.76. The Hall–Kier alpha value is -0.690. The number of halogens is 1. The van der Waals surface area contributed by atoms with Crippen molar-refractivity contribution in [3.8, 4) is 0 Å². The Morgan fingerprint density at radius 3 is 2.52 bits per heavy atom. The summed E-state index contributed by atoms with van der Waals surface area (Å²) in [5.74, 6) is 2.46. The predicted octanol–water partition coefficient (Wildman–Crippen LogP) is 1.73. The van der Waals surface area contributed by atoms with E-state index < -0.39 is 0 Å². The van der Waals surface area contributed by atoms with Gasteiger partial charge in [-0.15, -0.1) is 12.4 Å². The molecule has 0 aliphatic carbocycles. The van der Waals surface area contributed by atoms with Crippen molar-refractivity contribution in [1.82, 2.24) is 25.3 Å². The van der Waals surface area contributed by atoms with E-state index in [-0.39, 0.29) is 18.4 Å². The molecule has 1 unspecified atom stereocenters. The van der Waals surface area contributed by atoms with E-state index in [9.17, 15) is 0 Å². The number of hydrogen-bond donors (Lipinski definition) is 1. The molecule has 2 fully saturated rings. The monoisotopic (exact) mass is 343 g/mol. The Balaban J connectivity index is 0.00000192. The highest BCUT2D eigenvalue weighted by Gasteiger charge is 2.26. The predicted molar refractivity (Wildman–Crippen MR) is 92.9 cm³/mol. The molecule has 0 radical (unpaired) electrons. The summed E-state index contributed by atoms with van der Waals surface area (Å²) in [6.45, 7) is 12.4. The van der Waals surface area contributed by atoms with Gasteiger partial charge in [-0.25, -0.2) is 0 Å². The van der Waals surface area contributed by atoms with Gasteiger partial charge < -0.3 is 14.7 Å². The molecule has 6 nitrogen and oxygen atoms in total. The molecule has 0 aromatic carbocycles. The minimum absolute atomic E-state index is 0. The van der Waals surface area contributed by atoms with Crippen LogP contribution < -0.4 is 5.32 Å². The molecule has 3 rings (SSSR count). The zero-order chi connectivity index (χ0) is 15.4. The molecule has 2 aliphatic heterocycles. The third-order valence-corrected chi connectivity index (χ3v) is 5.09. The van der Waals surface area contributed by atoms with Crippen LogP contribution in [0.25, 0.3) is 0 Å². The van der Waals surface area contributed by atoms with Crippen molar-refractivity contribution in [2.45, 2.75) is 39.2 Å². The molecule has 1 aromatic heterocycles. The van der Waals surface area contributed by atoms with Crippen LogP contribution in [0, 0.1) is 5.92 Å². The van der Waals surface area contributed by atoms with E-state index in [4.69, 9.17) is 4.52 Å². The van der Waals surface area contributed by atoms with Gasteiger partial charge in [-0.05, 0) is 38.8 Å². The van der Waals surface area contributed by atoms with Gasteiger partial charge in [-0.2, -0.15) is 4.98 Å². The van der Waals surface area contributed by atoms with Gasteiger partial charge in [0, 0.05) is 39.1 Å². The summed E-state index contributed by atoms with van der Waals surface area (Å²) in [5, 5.41) is 7.46. The smallest absolute Gasteiger partial charge is 0.243 e. The van der Waals surface area contributed by atoms with Crippen LogP contribution in [-0.2, 0) is 6.42 Å². The maximum Gasteiger partial charge on any atom is 0.243 e. The first-order chi connectivity index (χ1) is 10.8. The maximum atomic E-state index is 5.40. The number of aromatic nitrogens is 2. The van der Waals surface area contributed by atoms with E-state index in [0.717, 1.165) is 50.2 Å². The van der Waals surface area contributed by atoms with Crippen molar-refractivity contribution >= 4 is 12.4 Å². The fourth-order valence-electron chi connectivity index (χ4n) is 3.50. The summed E-state index contributed by atoms with van der Waals surface area (Å²) in [4.78, 5) is 9.57. The summed E-state index contributed by atoms with van der Waals surface area (Å²) in [7, 11) is 0. The molecule has 1 aromatic rings. The first kappa shape index (κ1) is 18.6. The number of rotatable bonds is 5. The second-order valence-corrected chi connectivity index (χ2v) is 6.61. The first-order valence-corrected chi connectivity index (χ1v) is 8.76. The Morgan fingerprint density at radius 2 is 1.91 bits per heavy atom. The fraction of sp³-hybridized carbons (Fsp3) is 0.875. The Kier molecular flexibility index (Phi) is 7.27. The highest BCUT2D eigenvalue weighted by atomic mass is 35.5. The highest BCUT2D eigenvalue weighted by Crippen LogP contribution is 2.21. The minimum atomic E-state index is 0. The number of aryl methyl sites for hydroxylation is 1. The molecule has 0 amide bonds. The largest absolute Gasteiger partial charge is 0.338 e. The van der Waals surface area contributed by atoms with Gasteiger partial charge in [0.05, 0.1) is 6.04 Å². The van der Waals surface area contributed by atoms with Crippen LogP contribution in [0.15, 0.2) is 4.52 Å². The normalized spacial score (nSPS) is 22.7. The number of piperidine rings is 1. The molecule has 0 saturated carbocycles. The summed E-state index contributed by atoms with van der Waals surface area (Å²) in [5.41, 5.74) is 0. The third-order valence-electron chi connectivity index (χ3n) is 5.09. The second kappa shape index (κ2) is 8.97. The second-order valence-electron chi connectivity index (χ2n) is 6.61. The van der Waals surface area contributed by atoms with Crippen LogP contribution in [-0.4, -0.2) is 65.8 Å². The summed E-state index contributed by atoms with van der Waals surface area (Å²) < 4.78 is 5.40. The van der Waals surface area contributed by atoms with E-state index in [2.05, 4.69) is 39.1 Å². The summed E-state index contributed by atoms with van der Waals surface area (Å²) in [6.07, 6.45) is 3.50. The summed E-state index contributed by atoms with van der Waals surface area (Å²) in [6, 6.07) is 0.230. The molecule has 2 saturated heterocycles. The van der Waals surface area contributed by atoms with Gasteiger partial charge >= 0.3 is 0 Å². The van der Waals surface area contributed by atoms with Crippen LogP contribution in [0.5, 0.6) is 0 Å². The zero-order valence-corrected chi connectivity index (χ0v) is 15.1. The maximum absolute atomic E-state index is 5.40.